The lowest BCUT2D eigenvalue weighted by atomic mass is 10.2. The average molecular weight is 312 g/mol. The molecule has 1 fully saturated rings. The van der Waals surface area contributed by atoms with Gasteiger partial charge in [-0.05, 0) is 12.1 Å². The van der Waals surface area contributed by atoms with Crippen molar-refractivity contribution in [2.45, 2.75) is 6.04 Å². The van der Waals surface area contributed by atoms with Crippen LogP contribution in [0.1, 0.15) is 16.5 Å². The summed E-state index contributed by atoms with van der Waals surface area (Å²) in [6.45, 7) is 1.67. The van der Waals surface area contributed by atoms with E-state index in [0.29, 0.717) is 15.7 Å². The fourth-order valence-electron chi connectivity index (χ4n) is 1.81. The third kappa shape index (κ3) is 2.49. The predicted octanol–water partition coefficient (Wildman–Crippen LogP) is 1.98. The lowest BCUT2D eigenvalue weighted by Crippen LogP contribution is -2.43. The topological polar surface area (TPSA) is 71.8 Å². The van der Waals surface area contributed by atoms with Crippen LogP contribution in [0, 0.1) is 0 Å². The first-order chi connectivity index (χ1) is 9.65. The third-order valence-corrected chi connectivity index (χ3v) is 3.71. The Bertz CT molecular complexity index is 633. The minimum Gasteiger partial charge on any atom is -0.318 e. The molecule has 1 saturated heterocycles. The number of carbonyl (C=O) groups is 1. The highest BCUT2D eigenvalue weighted by molar-refractivity contribution is 6.39. The van der Waals surface area contributed by atoms with Crippen LogP contribution in [0.2, 0.25) is 10.0 Å². The normalized spacial score (nSPS) is 14.9. The molecule has 1 aliphatic heterocycles. The number of hydrogen-bond acceptors (Lipinski definition) is 4. The molecule has 0 aliphatic carbocycles. The van der Waals surface area contributed by atoms with E-state index in [2.05, 4.69) is 20.9 Å². The third-order valence-electron chi connectivity index (χ3n) is 3.08. The monoisotopic (exact) mass is 311 g/mol. The van der Waals surface area contributed by atoms with Crippen LogP contribution in [0.5, 0.6) is 0 Å². The molecule has 2 N–H and O–H groups in total. The van der Waals surface area contributed by atoms with Crippen molar-refractivity contribution < 1.29 is 4.79 Å². The van der Waals surface area contributed by atoms with Crippen molar-refractivity contribution in [1.29, 1.82) is 0 Å². The second-order valence-electron chi connectivity index (χ2n) is 4.45. The van der Waals surface area contributed by atoms with Crippen LogP contribution in [-0.4, -0.2) is 34.0 Å². The zero-order valence-electron chi connectivity index (χ0n) is 10.3. The smallest absolute Gasteiger partial charge is 0.277 e. The quantitative estimate of drug-likeness (QED) is 0.909. The average Bonchev–Trinajstić information content (AvgIpc) is 2.81. The van der Waals surface area contributed by atoms with Gasteiger partial charge in [0.1, 0.15) is 0 Å². The van der Waals surface area contributed by atoms with Gasteiger partial charge >= 0.3 is 0 Å². The zero-order chi connectivity index (χ0) is 14.1. The van der Waals surface area contributed by atoms with E-state index in [9.17, 15) is 4.79 Å². The lowest BCUT2D eigenvalue weighted by molar-refractivity contribution is 0.102. The Morgan fingerprint density at radius 1 is 1.35 bits per heavy atom. The zero-order valence-corrected chi connectivity index (χ0v) is 11.8. The fraction of sp³-hybridized carbons (Fsp3) is 0.250. The van der Waals surface area contributed by atoms with Gasteiger partial charge in [-0.25, -0.2) is 4.68 Å². The molecule has 1 amide bonds. The Balaban J connectivity index is 1.77. The SMILES string of the molecule is O=C(Nc1c(Cl)cccc1Cl)c1cn(C2CNC2)nn1. The number of rotatable bonds is 3. The van der Waals surface area contributed by atoms with Crippen molar-refractivity contribution in [3.63, 3.8) is 0 Å². The maximum absolute atomic E-state index is 12.1. The molecule has 6 nitrogen and oxygen atoms in total. The van der Waals surface area contributed by atoms with Gasteiger partial charge in [0.15, 0.2) is 5.69 Å². The number of halogens is 2. The molecule has 1 aromatic carbocycles. The van der Waals surface area contributed by atoms with Crippen LogP contribution in [0.4, 0.5) is 5.69 Å². The molecule has 0 radical (unpaired) electrons. The van der Waals surface area contributed by atoms with E-state index in [1.54, 1.807) is 29.1 Å². The van der Waals surface area contributed by atoms with Crippen LogP contribution in [0.25, 0.3) is 0 Å². The lowest BCUT2D eigenvalue weighted by Gasteiger charge is -2.26. The molecular formula is C12H11Cl2N5O. The van der Waals surface area contributed by atoms with E-state index in [0.717, 1.165) is 13.1 Å². The Labute approximate surface area is 125 Å². The molecule has 0 atom stereocenters. The molecule has 0 spiro atoms. The summed E-state index contributed by atoms with van der Waals surface area (Å²) in [6.07, 6.45) is 1.62. The maximum atomic E-state index is 12.1. The minimum atomic E-state index is -0.390. The second-order valence-corrected chi connectivity index (χ2v) is 5.26. The summed E-state index contributed by atoms with van der Waals surface area (Å²) in [7, 11) is 0. The number of carbonyl (C=O) groups excluding carboxylic acids is 1. The van der Waals surface area contributed by atoms with Crippen molar-refractivity contribution in [1.82, 2.24) is 20.3 Å². The molecule has 104 valence electrons. The van der Waals surface area contributed by atoms with Crippen LogP contribution in [0.3, 0.4) is 0 Å². The predicted molar refractivity (Wildman–Crippen MR) is 76.3 cm³/mol. The molecule has 3 rings (SSSR count). The van der Waals surface area contributed by atoms with E-state index in [1.165, 1.54) is 0 Å². The Hall–Kier alpha value is -1.63. The van der Waals surface area contributed by atoms with Crippen LogP contribution >= 0.6 is 23.2 Å². The Morgan fingerprint density at radius 2 is 2.05 bits per heavy atom. The molecular weight excluding hydrogens is 301 g/mol. The van der Waals surface area contributed by atoms with Crippen molar-refractivity contribution in [3.8, 4) is 0 Å². The van der Waals surface area contributed by atoms with Crippen LogP contribution < -0.4 is 10.6 Å². The number of amides is 1. The molecule has 0 saturated carbocycles. The number of para-hydroxylation sites is 1. The summed E-state index contributed by atoms with van der Waals surface area (Å²) < 4.78 is 1.68. The molecule has 2 heterocycles. The number of benzene rings is 1. The standard InChI is InChI=1S/C12H11Cl2N5O/c13-8-2-1-3-9(14)11(8)16-12(20)10-6-19(18-17-10)7-4-15-5-7/h1-3,6-7,15H,4-5H2,(H,16,20). The van der Waals surface area contributed by atoms with Crippen molar-refractivity contribution >= 4 is 34.8 Å². The molecule has 0 bridgehead atoms. The van der Waals surface area contributed by atoms with Gasteiger partial charge in [0.05, 0.1) is 28.0 Å². The highest BCUT2D eigenvalue weighted by Crippen LogP contribution is 2.30. The van der Waals surface area contributed by atoms with E-state index in [4.69, 9.17) is 23.2 Å². The molecule has 2 aromatic rings. The van der Waals surface area contributed by atoms with Crippen molar-refractivity contribution in [2.75, 3.05) is 18.4 Å². The Morgan fingerprint density at radius 3 is 2.65 bits per heavy atom. The molecule has 20 heavy (non-hydrogen) atoms. The first-order valence-corrected chi connectivity index (χ1v) is 6.78. The number of nitrogens with one attached hydrogen (secondary N) is 2. The highest BCUT2D eigenvalue weighted by atomic mass is 35.5. The fourth-order valence-corrected chi connectivity index (χ4v) is 2.31. The van der Waals surface area contributed by atoms with Gasteiger partial charge in [0.25, 0.3) is 5.91 Å². The summed E-state index contributed by atoms with van der Waals surface area (Å²) in [4.78, 5) is 12.1. The van der Waals surface area contributed by atoms with E-state index in [-0.39, 0.29) is 11.7 Å². The van der Waals surface area contributed by atoms with E-state index >= 15 is 0 Å². The van der Waals surface area contributed by atoms with Crippen molar-refractivity contribution in [2.24, 2.45) is 0 Å². The number of aromatic nitrogens is 3. The van der Waals surface area contributed by atoms with Gasteiger partial charge in [0, 0.05) is 13.1 Å². The summed E-state index contributed by atoms with van der Waals surface area (Å²) >= 11 is 12.0. The largest absolute Gasteiger partial charge is 0.318 e. The van der Waals surface area contributed by atoms with Gasteiger partial charge in [-0.1, -0.05) is 34.5 Å². The molecule has 1 aliphatic rings. The van der Waals surface area contributed by atoms with Gasteiger partial charge in [0.2, 0.25) is 0 Å². The van der Waals surface area contributed by atoms with E-state index in [1.807, 2.05) is 0 Å². The summed E-state index contributed by atoms with van der Waals surface area (Å²) in [5.74, 6) is -0.390. The first kappa shape index (κ1) is 13.4. The minimum absolute atomic E-state index is 0.230. The van der Waals surface area contributed by atoms with Crippen LogP contribution in [0.15, 0.2) is 24.4 Å². The first-order valence-electron chi connectivity index (χ1n) is 6.03. The molecule has 8 heteroatoms. The van der Waals surface area contributed by atoms with Gasteiger partial charge in [-0.2, -0.15) is 0 Å². The van der Waals surface area contributed by atoms with Crippen molar-refractivity contribution in [3.05, 3.63) is 40.1 Å². The summed E-state index contributed by atoms with van der Waals surface area (Å²) in [6, 6.07) is 5.27. The maximum Gasteiger partial charge on any atom is 0.277 e. The Kier molecular flexibility index (Phi) is 3.60. The van der Waals surface area contributed by atoms with E-state index < -0.39 is 5.91 Å². The van der Waals surface area contributed by atoms with Gasteiger partial charge in [-0.15, -0.1) is 5.10 Å². The summed E-state index contributed by atoms with van der Waals surface area (Å²) in [5.41, 5.74) is 0.605. The van der Waals surface area contributed by atoms with Gasteiger partial charge in [-0.3, -0.25) is 4.79 Å². The second kappa shape index (κ2) is 5.40. The highest BCUT2D eigenvalue weighted by Gasteiger charge is 2.22. The number of anilines is 1. The molecule has 1 aromatic heterocycles. The van der Waals surface area contributed by atoms with Crippen LogP contribution in [-0.2, 0) is 0 Å². The number of hydrogen-bond donors (Lipinski definition) is 2. The number of nitrogens with zero attached hydrogens (tertiary/aromatic N) is 3. The molecule has 0 unspecified atom stereocenters. The van der Waals surface area contributed by atoms with Gasteiger partial charge < -0.3 is 10.6 Å². The summed E-state index contributed by atoms with van der Waals surface area (Å²) in [5, 5.41) is 14.3.